The zero-order valence-corrected chi connectivity index (χ0v) is 11.5. The monoisotopic (exact) mass is 227 g/mol. The predicted molar refractivity (Wildman–Crippen MR) is 69.7 cm³/mol. The van der Waals surface area contributed by atoms with Crippen LogP contribution < -0.4 is 5.32 Å². The van der Waals surface area contributed by atoms with E-state index < -0.39 is 0 Å². The van der Waals surface area contributed by atoms with Crippen LogP contribution in [-0.4, -0.2) is 25.3 Å². The van der Waals surface area contributed by atoms with E-state index in [0.29, 0.717) is 6.04 Å². The van der Waals surface area contributed by atoms with Gasteiger partial charge in [0.05, 0.1) is 5.60 Å². The van der Waals surface area contributed by atoms with E-state index in [1.165, 1.54) is 38.5 Å². The number of ether oxygens (including phenoxy) is 1. The summed E-state index contributed by atoms with van der Waals surface area (Å²) in [6.45, 7) is 7.84. The standard InChI is InChI=1S/C14H29NO/c1-5-15-13(11-12(2)3)14(16-4)9-7-6-8-10-14/h12-13,15H,5-11H2,1-4H3. The van der Waals surface area contributed by atoms with Gasteiger partial charge in [0.15, 0.2) is 0 Å². The van der Waals surface area contributed by atoms with Gasteiger partial charge in [-0.2, -0.15) is 0 Å². The van der Waals surface area contributed by atoms with E-state index in [4.69, 9.17) is 4.74 Å². The molecule has 16 heavy (non-hydrogen) atoms. The van der Waals surface area contributed by atoms with Crippen molar-refractivity contribution in [3.63, 3.8) is 0 Å². The highest BCUT2D eigenvalue weighted by atomic mass is 16.5. The smallest absolute Gasteiger partial charge is 0.0831 e. The summed E-state index contributed by atoms with van der Waals surface area (Å²) in [5, 5.41) is 3.65. The van der Waals surface area contributed by atoms with Crippen molar-refractivity contribution < 1.29 is 4.74 Å². The van der Waals surface area contributed by atoms with Crippen LogP contribution in [-0.2, 0) is 4.74 Å². The normalized spacial score (nSPS) is 22.3. The van der Waals surface area contributed by atoms with Crippen LogP contribution >= 0.6 is 0 Å². The maximum atomic E-state index is 5.93. The highest BCUT2D eigenvalue weighted by Crippen LogP contribution is 2.36. The molecular formula is C14H29NO. The number of nitrogens with one attached hydrogen (secondary N) is 1. The van der Waals surface area contributed by atoms with Crippen molar-refractivity contribution in [1.29, 1.82) is 0 Å². The molecular weight excluding hydrogens is 198 g/mol. The van der Waals surface area contributed by atoms with Crippen LogP contribution in [0.1, 0.15) is 59.3 Å². The molecule has 0 aromatic rings. The Labute approximate surface area is 101 Å². The minimum atomic E-state index is 0.110. The molecule has 0 radical (unpaired) electrons. The van der Waals surface area contributed by atoms with Gasteiger partial charge in [0.1, 0.15) is 0 Å². The van der Waals surface area contributed by atoms with Gasteiger partial charge < -0.3 is 10.1 Å². The van der Waals surface area contributed by atoms with Crippen LogP contribution in [0.5, 0.6) is 0 Å². The summed E-state index contributed by atoms with van der Waals surface area (Å²) in [6.07, 6.45) is 7.72. The summed E-state index contributed by atoms with van der Waals surface area (Å²) in [5.74, 6) is 0.734. The van der Waals surface area contributed by atoms with Gasteiger partial charge in [0.25, 0.3) is 0 Å². The third-order valence-electron chi connectivity index (χ3n) is 3.90. The first-order chi connectivity index (χ1) is 7.64. The molecule has 0 bridgehead atoms. The van der Waals surface area contributed by atoms with Gasteiger partial charge in [-0.15, -0.1) is 0 Å². The lowest BCUT2D eigenvalue weighted by atomic mass is 9.76. The molecule has 1 aliphatic carbocycles. The summed E-state index contributed by atoms with van der Waals surface area (Å²) in [5.41, 5.74) is 0.110. The molecule has 1 unspecified atom stereocenters. The molecule has 96 valence electrons. The van der Waals surface area contributed by atoms with Crippen LogP contribution in [0.15, 0.2) is 0 Å². The Hall–Kier alpha value is -0.0800. The Morgan fingerprint density at radius 2 is 1.81 bits per heavy atom. The summed E-state index contributed by atoms with van der Waals surface area (Å²) >= 11 is 0. The molecule has 1 saturated carbocycles. The average Bonchev–Trinajstić information content (AvgIpc) is 2.29. The molecule has 0 aromatic heterocycles. The van der Waals surface area contributed by atoms with Crippen LogP contribution in [0, 0.1) is 5.92 Å². The van der Waals surface area contributed by atoms with E-state index in [1.54, 1.807) is 0 Å². The van der Waals surface area contributed by atoms with Gasteiger partial charge in [0.2, 0.25) is 0 Å². The van der Waals surface area contributed by atoms with Gasteiger partial charge in [-0.3, -0.25) is 0 Å². The van der Waals surface area contributed by atoms with Crippen molar-refractivity contribution in [2.24, 2.45) is 5.92 Å². The third kappa shape index (κ3) is 3.46. The molecule has 0 aromatic carbocycles. The van der Waals surface area contributed by atoms with Gasteiger partial charge in [0, 0.05) is 13.2 Å². The molecule has 0 saturated heterocycles. The van der Waals surface area contributed by atoms with E-state index in [-0.39, 0.29) is 5.60 Å². The first-order valence-corrected chi connectivity index (χ1v) is 6.93. The van der Waals surface area contributed by atoms with Gasteiger partial charge in [-0.05, 0) is 31.7 Å². The first-order valence-electron chi connectivity index (χ1n) is 6.93. The fourth-order valence-corrected chi connectivity index (χ4v) is 3.05. The van der Waals surface area contributed by atoms with Crippen molar-refractivity contribution in [1.82, 2.24) is 5.32 Å². The average molecular weight is 227 g/mol. The minimum Gasteiger partial charge on any atom is -0.377 e. The second-order valence-electron chi connectivity index (χ2n) is 5.57. The van der Waals surface area contributed by atoms with Crippen LogP contribution in [0.25, 0.3) is 0 Å². The maximum Gasteiger partial charge on any atom is 0.0831 e. The van der Waals surface area contributed by atoms with Crippen LogP contribution in [0.3, 0.4) is 0 Å². The van der Waals surface area contributed by atoms with Gasteiger partial charge in [-0.1, -0.05) is 40.0 Å². The second-order valence-corrected chi connectivity index (χ2v) is 5.57. The topological polar surface area (TPSA) is 21.3 Å². The van der Waals surface area contributed by atoms with Crippen molar-refractivity contribution in [3.8, 4) is 0 Å². The maximum absolute atomic E-state index is 5.93. The molecule has 2 nitrogen and oxygen atoms in total. The number of rotatable bonds is 6. The fourth-order valence-electron chi connectivity index (χ4n) is 3.05. The molecule has 0 spiro atoms. The van der Waals surface area contributed by atoms with Crippen molar-refractivity contribution in [3.05, 3.63) is 0 Å². The van der Waals surface area contributed by atoms with E-state index >= 15 is 0 Å². The Kier molecular flexibility index (Phi) is 5.77. The van der Waals surface area contributed by atoms with Crippen molar-refractivity contribution in [2.45, 2.75) is 70.9 Å². The number of hydrogen-bond donors (Lipinski definition) is 1. The van der Waals surface area contributed by atoms with Gasteiger partial charge in [-0.25, -0.2) is 0 Å². The lowest BCUT2D eigenvalue weighted by Gasteiger charge is -2.43. The predicted octanol–water partition coefficient (Wildman–Crippen LogP) is 3.36. The van der Waals surface area contributed by atoms with Crippen LogP contribution in [0.2, 0.25) is 0 Å². The molecule has 1 N–H and O–H groups in total. The SMILES string of the molecule is CCNC(CC(C)C)C1(OC)CCCCC1. The summed E-state index contributed by atoms with van der Waals surface area (Å²) in [4.78, 5) is 0. The van der Waals surface area contributed by atoms with E-state index in [0.717, 1.165) is 12.5 Å². The highest BCUT2D eigenvalue weighted by Gasteiger charge is 2.39. The molecule has 0 aliphatic heterocycles. The molecule has 1 fully saturated rings. The number of methoxy groups -OCH3 is 1. The lowest BCUT2D eigenvalue weighted by molar-refractivity contribution is -0.0713. The molecule has 0 heterocycles. The van der Waals surface area contributed by atoms with E-state index in [2.05, 4.69) is 26.1 Å². The highest BCUT2D eigenvalue weighted by molar-refractivity contribution is 4.95. The molecule has 2 heteroatoms. The molecule has 1 atom stereocenters. The Morgan fingerprint density at radius 3 is 2.25 bits per heavy atom. The van der Waals surface area contributed by atoms with E-state index in [1.807, 2.05) is 7.11 Å². The Morgan fingerprint density at radius 1 is 1.19 bits per heavy atom. The fraction of sp³-hybridized carbons (Fsp3) is 1.00. The van der Waals surface area contributed by atoms with Crippen molar-refractivity contribution >= 4 is 0 Å². The number of hydrogen-bond acceptors (Lipinski definition) is 2. The minimum absolute atomic E-state index is 0.110. The Balaban J connectivity index is 2.70. The van der Waals surface area contributed by atoms with Crippen molar-refractivity contribution in [2.75, 3.05) is 13.7 Å². The summed E-state index contributed by atoms with van der Waals surface area (Å²) in [6, 6.07) is 0.530. The van der Waals surface area contributed by atoms with Crippen LogP contribution in [0.4, 0.5) is 0 Å². The third-order valence-corrected chi connectivity index (χ3v) is 3.90. The van der Waals surface area contributed by atoms with Gasteiger partial charge >= 0.3 is 0 Å². The summed E-state index contributed by atoms with van der Waals surface area (Å²) in [7, 11) is 1.90. The van der Waals surface area contributed by atoms with E-state index in [9.17, 15) is 0 Å². The quantitative estimate of drug-likeness (QED) is 0.751. The largest absolute Gasteiger partial charge is 0.377 e. The first kappa shape index (κ1) is 14.0. The lowest BCUT2D eigenvalue weighted by Crippen LogP contribution is -2.53. The summed E-state index contributed by atoms with van der Waals surface area (Å²) < 4.78 is 5.93. The molecule has 1 aliphatic rings. The second kappa shape index (κ2) is 6.61. The zero-order chi connectivity index (χ0) is 12.0. The zero-order valence-electron chi connectivity index (χ0n) is 11.5. The Bertz CT molecular complexity index is 185. The number of likely N-dealkylation sites (N-methyl/N-ethyl adjacent to an activating group) is 1. The molecule has 0 amide bonds. The molecule has 1 rings (SSSR count).